The molecule has 7 heteroatoms. The highest BCUT2D eigenvalue weighted by molar-refractivity contribution is 6.07. The fraction of sp³-hybridized carbons (Fsp3) is 0.278. The third-order valence-corrected chi connectivity index (χ3v) is 4.70. The summed E-state index contributed by atoms with van der Waals surface area (Å²) in [5.41, 5.74) is 1.98. The van der Waals surface area contributed by atoms with Gasteiger partial charge in [-0.15, -0.1) is 0 Å². The summed E-state index contributed by atoms with van der Waals surface area (Å²) in [4.78, 5) is 24.7. The summed E-state index contributed by atoms with van der Waals surface area (Å²) in [5.74, 6) is 0.638. The highest BCUT2D eigenvalue weighted by Crippen LogP contribution is 2.30. The van der Waals surface area contributed by atoms with Gasteiger partial charge in [-0.2, -0.15) is 0 Å². The number of hydrogen-bond acceptors (Lipinski definition) is 4. The Hall–Kier alpha value is -3.09. The Morgan fingerprint density at radius 1 is 1.28 bits per heavy atom. The monoisotopic (exact) mass is 338 g/mol. The van der Waals surface area contributed by atoms with Gasteiger partial charge in [0.2, 0.25) is 0 Å². The average molecular weight is 338 g/mol. The Morgan fingerprint density at radius 3 is 2.80 bits per heavy atom. The number of aryl methyl sites for hydroxylation is 1. The molecule has 3 aromatic rings. The van der Waals surface area contributed by atoms with Crippen molar-refractivity contribution >= 4 is 28.5 Å². The minimum Gasteiger partial charge on any atom is -0.360 e. The first-order valence-corrected chi connectivity index (χ1v) is 8.14. The first-order valence-electron chi connectivity index (χ1n) is 8.14. The highest BCUT2D eigenvalue weighted by Gasteiger charge is 2.29. The summed E-state index contributed by atoms with van der Waals surface area (Å²) < 4.78 is 6.95. The van der Waals surface area contributed by atoms with Gasteiger partial charge < -0.3 is 19.7 Å². The van der Waals surface area contributed by atoms with Crippen LogP contribution in [-0.4, -0.2) is 27.6 Å². The van der Waals surface area contributed by atoms with Crippen LogP contribution in [0.1, 0.15) is 46.5 Å². The number of hydrogen-bond donors (Lipinski definition) is 2. The molecule has 0 saturated heterocycles. The SMILES string of the molecule is Cc1cc(NC(=O)c2ccc3cc4n(c3c2)[C@@H](C)[C@H](C)NC4=O)no1. The standard InChI is InChI=1S/C18H18N4O3/c1-9-6-16(21-25-9)20-17(23)13-5-4-12-7-15-18(24)19-10(2)11(3)22(15)14(12)8-13/h4-8,10-11H,1-3H3,(H,19,24)(H,20,21,23)/t10-,11-/m0/s1. The summed E-state index contributed by atoms with van der Waals surface area (Å²) >= 11 is 0. The van der Waals surface area contributed by atoms with Gasteiger partial charge in [0.25, 0.3) is 11.8 Å². The topological polar surface area (TPSA) is 89.2 Å². The largest absolute Gasteiger partial charge is 0.360 e. The van der Waals surface area contributed by atoms with E-state index < -0.39 is 0 Å². The molecule has 2 N–H and O–H groups in total. The molecule has 0 spiro atoms. The van der Waals surface area contributed by atoms with Gasteiger partial charge in [0.05, 0.1) is 6.04 Å². The van der Waals surface area contributed by atoms with Crippen LogP contribution in [0.15, 0.2) is 34.9 Å². The van der Waals surface area contributed by atoms with Gasteiger partial charge in [0.1, 0.15) is 11.5 Å². The fourth-order valence-corrected chi connectivity index (χ4v) is 3.21. The number of carbonyl (C=O) groups is 2. The molecule has 2 atom stereocenters. The van der Waals surface area contributed by atoms with Gasteiger partial charge >= 0.3 is 0 Å². The van der Waals surface area contributed by atoms with Crippen LogP contribution in [0.2, 0.25) is 0 Å². The Kier molecular flexibility index (Phi) is 3.38. The molecule has 3 heterocycles. The molecule has 0 bridgehead atoms. The number of carbonyl (C=O) groups excluding carboxylic acids is 2. The van der Waals surface area contributed by atoms with Crippen LogP contribution < -0.4 is 10.6 Å². The first-order chi connectivity index (χ1) is 11.9. The van der Waals surface area contributed by atoms with E-state index >= 15 is 0 Å². The smallest absolute Gasteiger partial charge is 0.268 e. The van der Waals surface area contributed by atoms with E-state index in [4.69, 9.17) is 4.52 Å². The van der Waals surface area contributed by atoms with Gasteiger partial charge in [-0.3, -0.25) is 9.59 Å². The van der Waals surface area contributed by atoms with E-state index in [0.29, 0.717) is 22.8 Å². The molecule has 2 aromatic heterocycles. The van der Waals surface area contributed by atoms with Crippen molar-refractivity contribution in [2.75, 3.05) is 5.32 Å². The van der Waals surface area contributed by atoms with Gasteiger partial charge in [0, 0.05) is 28.6 Å². The van der Waals surface area contributed by atoms with Crippen molar-refractivity contribution in [3.05, 3.63) is 47.3 Å². The first kappa shape index (κ1) is 15.4. The number of rotatable bonds is 2. The van der Waals surface area contributed by atoms with Crippen LogP contribution in [0.5, 0.6) is 0 Å². The molecule has 7 nitrogen and oxygen atoms in total. The van der Waals surface area contributed by atoms with E-state index in [1.54, 1.807) is 19.1 Å². The average Bonchev–Trinajstić information content (AvgIpc) is 3.15. The molecule has 0 aliphatic carbocycles. The Bertz CT molecular complexity index is 1000. The fourth-order valence-electron chi connectivity index (χ4n) is 3.21. The second-order valence-corrected chi connectivity index (χ2v) is 6.45. The maximum absolute atomic E-state index is 12.5. The second kappa shape index (κ2) is 5.47. The molecule has 1 aliphatic heterocycles. The highest BCUT2D eigenvalue weighted by atomic mass is 16.5. The maximum atomic E-state index is 12.5. The lowest BCUT2D eigenvalue weighted by atomic mass is 10.1. The van der Waals surface area contributed by atoms with E-state index in [1.807, 2.05) is 29.7 Å². The van der Waals surface area contributed by atoms with Crippen molar-refractivity contribution in [1.82, 2.24) is 15.0 Å². The summed E-state index contributed by atoms with van der Waals surface area (Å²) in [5, 5.41) is 10.4. The minimum atomic E-state index is -0.272. The molecule has 4 rings (SSSR count). The third-order valence-electron chi connectivity index (χ3n) is 4.70. The lowest BCUT2D eigenvalue weighted by Gasteiger charge is -2.30. The number of nitrogens with zero attached hydrogens (tertiary/aromatic N) is 2. The Labute approximate surface area is 144 Å². The van der Waals surface area contributed by atoms with Gasteiger partial charge in [-0.25, -0.2) is 0 Å². The number of aromatic nitrogens is 2. The summed E-state index contributed by atoms with van der Waals surface area (Å²) in [6, 6.07) is 9.03. The van der Waals surface area contributed by atoms with Gasteiger partial charge in [0.15, 0.2) is 5.82 Å². The summed E-state index contributed by atoms with van der Waals surface area (Å²) in [6.07, 6.45) is 0. The van der Waals surface area contributed by atoms with Crippen LogP contribution in [0.25, 0.3) is 10.9 Å². The third kappa shape index (κ3) is 2.48. The molecule has 1 aromatic carbocycles. The van der Waals surface area contributed by atoms with Crippen LogP contribution in [-0.2, 0) is 0 Å². The predicted molar refractivity (Wildman–Crippen MR) is 92.8 cm³/mol. The number of nitrogens with one attached hydrogen (secondary N) is 2. The number of fused-ring (bicyclic) bond motifs is 3. The Morgan fingerprint density at radius 2 is 2.08 bits per heavy atom. The van der Waals surface area contributed by atoms with Crippen molar-refractivity contribution < 1.29 is 14.1 Å². The van der Waals surface area contributed by atoms with Gasteiger partial charge in [-0.1, -0.05) is 11.2 Å². The molecule has 0 radical (unpaired) electrons. The molecule has 0 unspecified atom stereocenters. The molecule has 25 heavy (non-hydrogen) atoms. The molecule has 0 fully saturated rings. The number of benzene rings is 1. The van der Waals surface area contributed by atoms with Gasteiger partial charge in [-0.05, 0) is 39.0 Å². The lowest BCUT2D eigenvalue weighted by molar-refractivity contribution is 0.0891. The normalized spacial score (nSPS) is 19.6. The van der Waals surface area contributed by atoms with Crippen molar-refractivity contribution in [1.29, 1.82) is 0 Å². The summed E-state index contributed by atoms with van der Waals surface area (Å²) in [7, 11) is 0. The zero-order chi connectivity index (χ0) is 17.7. The molecule has 1 aliphatic rings. The summed E-state index contributed by atoms with van der Waals surface area (Å²) in [6.45, 7) is 5.79. The molecule has 128 valence electrons. The quantitative estimate of drug-likeness (QED) is 0.752. The van der Waals surface area contributed by atoms with E-state index in [9.17, 15) is 9.59 Å². The van der Waals surface area contributed by atoms with Crippen LogP contribution in [0, 0.1) is 6.92 Å². The van der Waals surface area contributed by atoms with Crippen molar-refractivity contribution in [2.45, 2.75) is 32.9 Å². The minimum absolute atomic E-state index is 0.0196. The maximum Gasteiger partial charge on any atom is 0.268 e. The zero-order valence-electron chi connectivity index (χ0n) is 14.2. The number of amides is 2. The van der Waals surface area contributed by atoms with Crippen molar-refractivity contribution in [3.8, 4) is 0 Å². The molecule has 2 amide bonds. The van der Waals surface area contributed by atoms with Crippen LogP contribution >= 0.6 is 0 Å². The molecular formula is C18H18N4O3. The van der Waals surface area contributed by atoms with Crippen molar-refractivity contribution in [3.63, 3.8) is 0 Å². The van der Waals surface area contributed by atoms with Crippen LogP contribution in [0.4, 0.5) is 5.82 Å². The van der Waals surface area contributed by atoms with E-state index in [0.717, 1.165) is 10.9 Å². The van der Waals surface area contributed by atoms with E-state index in [2.05, 4.69) is 22.7 Å². The zero-order valence-corrected chi connectivity index (χ0v) is 14.2. The predicted octanol–water partition coefficient (Wildman–Crippen LogP) is 2.88. The van der Waals surface area contributed by atoms with Crippen LogP contribution in [0.3, 0.4) is 0 Å². The van der Waals surface area contributed by atoms with E-state index in [-0.39, 0.29) is 23.9 Å². The number of anilines is 1. The lowest BCUT2D eigenvalue weighted by Crippen LogP contribution is -2.44. The Balaban J connectivity index is 1.75. The second-order valence-electron chi connectivity index (χ2n) is 6.45. The van der Waals surface area contributed by atoms with E-state index in [1.165, 1.54) is 0 Å². The van der Waals surface area contributed by atoms with Crippen molar-refractivity contribution in [2.24, 2.45) is 0 Å². The molecular weight excluding hydrogens is 320 g/mol. The molecule has 0 saturated carbocycles.